The van der Waals surface area contributed by atoms with Gasteiger partial charge in [0.1, 0.15) is 18.1 Å². The molecule has 53 heavy (non-hydrogen) atoms. The molecular weight excluding hydrogens is 706 g/mol. The number of fused-ring (bicyclic) bond motifs is 2. The van der Waals surface area contributed by atoms with Crippen LogP contribution in [0.1, 0.15) is 72.5 Å². The standard InChI is InChI=1S/C43H44FN3O4S2/c1-3-4-21-47(43-46-38-11-7-8-12-41(38)53-43)45-28-35-24-30(2)13-19-39(35)50-29-31-14-20-40(37(44)25-31)51-42(48)34-16-15-33-27-36(18-17-32(33)26-34)49-22-9-5-6-10-23-52/h7-8,11-20,24-28,52H,3-6,9-10,21-23,29H2,1-2H3/b45-28+. The van der Waals surface area contributed by atoms with Gasteiger partial charge in [-0.05, 0) is 109 Å². The highest BCUT2D eigenvalue weighted by Gasteiger charge is 2.15. The van der Waals surface area contributed by atoms with Crippen LogP contribution >= 0.6 is 24.0 Å². The van der Waals surface area contributed by atoms with Gasteiger partial charge < -0.3 is 14.2 Å². The molecule has 0 bridgehead atoms. The van der Waals surface area contributed by atoms with E-state index in [9.17, 15) is 4.79 Å². The van der Waals surface area contributed by atoms with Crippen molar-refractivity contribution in [1.29, 1.82) is 0 Å². The minimum atomic E-state index is -0.652. The Labute approximate surface area is 319 Å². The average Bonchev–Trinajstić information content (AvgIpc) is 3.61. The number of hydrogen-bond acceptors (Lipinski definition) is 9. The van der Waals surface area contributed by atoms with E-state index in [0.29, 0.717) is 23.5 Å². The molecule has 0 radical (unpaired) electrons. The molecule has 1 aromatic heterocycles. The Hall–Kier alpha value is -4.93. The predicted molar refractivity (Wildman–Crippen MR) is 218 cm³/mol. The highest BCUT2D eigenvalue weighted by atomic mass is 32.1. The number of para-hydroxylation sites is 1. The molecule has 0 atom stereocenters. The molecule has 0 aliphatic carbocycles. The summed E-state index contributed by atoms with van der Waals surface area (Å²) in [7, 11) is 0. The first kappa shape index (κ1) is 37.8. The van der Waals surface area contributed by atoms with E-state index in [-0.39, 0.29) is 12.4 Å². The first-order chi connectivity index (χ1) is 25.9. The molecular formula is C43H44FN3O4S2. The van der Waals surface area contributed by atoms with E-state index in [4.69, 9.17) is 24.3 Å². The number of carbonyl (C=O) groups is 1. The number of hydrogen-bond donors (Lipinski definition) is 1. The zero-order chi connectivity index (χ0) is 37.0. The zero-order valence-corrected chi connectivity index (χ0v) is 31.8. The van der Waals surface area contributed by atoms with Crippen molar-refractivity contribution in [2.45, 2.75) is 59.0 Å². The maximum atomic E-state index is 15.2. The second kappa shape index (κ2) is 18.7. The first-order valence-corrected chi connectivity index (χ1v) is 19.5. The van der Waals surface area contributed by atoms with Gasteiger partial charge in [-0.15, -0.1) is 0 Å². The van der Waals surface area contributed by atoms with Crippen LogP contribution in [0.2, 0.25) is 0 Å². The molecule has 0 N–H and O–H groups in total. The third kappa shape index (κ3) is 10.4. The van der Waals surface area contributed by atoms with Crippen molar-refractivity contribution in [3.05, 3.63) is 125 Å². The van der Waals surface area contributed by atoms with E-state index >= 15 is 4.39 Å². The van der Waals surface area contributed by atoms with Gasteiger partial charge in [0.25, 0.3) is 0 Å². The van der Waals surface area contributed by atoms with Crippen molar-refractivity contribution in [2.24, 2.45) is 5.10 Å². The number of anilines is 1. The highest BCUT2D eigenvalue weighted by molar-refractivity contribution is 7.80. The number of thiol groups is 1. The van der Waals surface area contributed by atoms with E-state index < -0.39 is 11.8 Å². The van der Waals surface area contributed by atoms with Gasteiger partial charge in [-0.2, -0.15) is 17.7 Å². The number of benzene rings is 5. The second-order valence-electron chi connectivity index (χ2n) is 12.9. The minimum absolute atomic E-state index is 0.110. The zero-order valence-electron chi connectivity index (χ0n) is 30.1. The molecule has 5 aromatic carbocycles. The molecule has 0 unspecified atom stereocenters. The summed E-state index contributed by atoms with van der Waals surface area (Å²) in [5, 5.41) is 9.41. The van der Waals surface area contributed by atoms with Crippen LogP contribution in [0.4, 0.5) is 9.52 Å². The molecule has 1 heterocycles. The molecule has 6 aromatic rings. The van der Waals surface area contributed by atoms with E-state index in [0.717, 1.165) is 93.8 Å². The van der Waals surface area contributed by atoms with Gasteiger partial charge in [-0.1, -0.05) is 79.5 Å². The molecule has 0 saturated heterocycles. The molecule has 0 fully saturated rings. The fourth-order valence-electron chi connectivity index (χ4n) is 5.75. The largest absolute Gasteiger partial charge is 0.494 e. The van der Waals surface area contributed by atoms with E-state index in [1.165, 1.54) is 12.1 Å². The summed E-state index contributed by atoms with van der Waals surface area (Å²) in [4.78, 5) is 17.8. The fourth-order valence-corrected chi connectivity index (χ4v) is 6.92. The van der Waals surface area contributed by atoms with Crippen LogP contribution in [0.5, 0.6) is 17.2 Å². The van der Waals surface area contributed by atoms with E-state index in [1.807, 2.05) is 72.6 Å². The Bertz CT molecular complexity index is 2150. The lowest BCUT2D eigenvalue weighted by atomic mass is 10.1. The number of hydrazone groups is 1. The van der Waals surface area contributed by atoms with Crippen molar-refractivity contribution < 1.29 is 23.4 Å². The van der Waals surface area contributed by atoms with Crippen LogP contribution in [0.15, 0.2) is 102 Å². The second-order valence-corrected chi connectivity index (χ2v) is 14.3. The molecule has 0 saturated carbocycles. The quantitative estimate of drug-likeness (QED) is 0.0236. The van der Waals surface area contributed by atoms with Crippen molar-refractivity contribution in [3.8, 4) is 17.2 Å². The van der Waals surface area contributed by atoms with Gasteiger partial charge in [0.15, 0.2) is 11.6 Å². The first-order valence-electron chi connectivity index (χ1n) is 18.1. The summed E-state index contributed by atoms with van der Waals surface area (Å²) in [5.74, 6) is 0.874. The number of aromatic nitrogens is 1. The van der Waals surface area contributed by atoms with Crippen molar-refractivity contribution in [2.75, 3.05) is 23.9 Å². The average molecular weight is 750 g/mol. The van der Waals surface area contributed by atoms with Crippen molar-refractivity contribution in [3.63, 3.8) is 0 Å². The SMILES string of the molecule is CCCCN(/N=C/c1cc(C)ccc1OCc1ccc(OC(=O)c2ccc3cc(OCCCCCCS)ccc3c2)c(F)c1)c1nc2ccccc2s1. The minimum Gasteiger partial charge on any atom is -0.494 e. The van der Waals surface area contributed by atoms with Gasteiger partial charge in [-0.3, -0.25) is 0 Å². The molecule has 6 rings (SSSR count). The lowest BCUT2D eigenvalue weighted by Crippen LogP contribution is -2.17. The highest BCUT2D eigenvalue weighted by Crippen LogP contribution is 2.30. The third-order valence-electron chi connectivity index (χ3n) is 8.69. The van der Waals surface area contributed by atoms with Crippen LogP contribution in [0.3, 0.4) is 0 Å². The predicted octanol–water partition coefficient (Wildman–Crippen LogP) is 11.2. The molecule has 0 amide bonds. The summed E-state index contributed by atoms with van der Waals surface area (Å²) >= 11 is 5.87. The van der Waals surface area contributed by atoms with Crippen molar-refractivity contribution in [1.82, 2.24) is 4.98 Å². The summed E-state index contributed by atoms with van der Waals surface area (Å²) in [6, 6.07) is 29.4. The molecule has 274 valence electrons. The molecule has 7 nitrogen and oxygen atoms in total. The number of ether oxygens (including phenoxy) is 3. The Balaban J connectivity index is 1.07. The number of unbranched alkanes of at least 4 members (excludes halogenated alkanes) is 4. The number of carbonyl (C=O) groups excluding carboxylic acids is 1. The van der Waals surface area contributed by atoms with Crippen LogP contribution in [-0.2, 0) is 6.61 Å². The molecule has 10 heteroatoms. The molecule has 0 aliphatic rings. The maximum Gasteiger partial charge on any atom is 0.343 e. The van der Waals surface area contributed by atoms with Gasteiger partial charge >= 0.3 is 5.97 Å². The van der Waals surface area contributed by atoms with E-state index in [2.05, 4.69) is 25.6 Å². The summed E-state index contributed by atoms with van der Waals surface area (Å²) < 4.78 is 33.9. The van der Waals surface area contributed by atoms with Gasteiger partial charge in [0, 0.05) is 12.1 Å². The smallest absolute Gasteiger partial charge is 0.343 e. The van der Waals surface area contributed by atoms with Crippen LogP contribution in [0.25, 0.3) is 21.0 Å². The number of halogens is 1. The Morgan fingerprint density at radius 1 is 0.887 bits per heavy atom. The fraction of sp³-hybridized carbons (Fsp3) is 0.279. The number of nitrogens with zero attached hydrogens (tertiary/aromatic N) is 3. The topological polar surface area (TPSA) is 73.2 Å². The Kier molecular flexibility index (Phi) is 13.4. The van der Waals surface area contributed by atoms with Crippen LogP contribution in [0, 0.1) is 12.7 Å². The number of esters is 1. The number of aryl methyl sites for hydroxylation is 1. The lowest BCUT2D eigenvalue weighted by Gasteiger charge is -2.16. The lowest BCUT2D eigenvalue weighted by molar-refractivity contribution is 0.0728. The maximum absolute atomic E-state index is 15.2. The third-order valence-corrected chi connectivity index (χ3v) is 10.1. The van der Waals surface area contributed by atoms with E-state index in [1.54, 1.807) is 35.8 Å². The summed E-state index contributed by atoms with van der Waals surface area (Å²) in [6.45, 7) is 5.67. The Morgan fingerprint density at radius 2 is 1.70 bits per heavy atom. The molecule has 0 spiro atoms. The Morgan fingerprint density at radius 3 is 2.53 bits per heavy atom. The summed E-state index contributed by atoms with van der Waals surface area (Å²) in [6.07, 6.45) is 8.18. The normalized spacial score (nSPS) is 11.4. The van der Waals surface area contributed by atoms with Gasteiger partial charge in [0.05, 0.1) is 28.6 Å². The number of thiazole rings is 1. The molecule has 0 aliphatic heterocycles. The van der Waals surface area contributed by atoms with Gasteiger partial charge in [0.2, 0.25) is 5.13 Å². The van der Waals surface area contributed by atoms with Gasteiger partial charge in [-0.25, -0.2) is 19.2 Å². The van der Waals surface area contributed by atoms with Crippen LogP contribution in [-0.4, -0.2) is 36.1 Å². The monoisotopic (exact) mass is 749 g/mol. The van der Waals surface area contributed by atoms with Crippen LogP contribution < -0.4 is 19.2 Å². The number of rotatable bonds is 18. The van der Waals surface area contributed by atoms with Crippen molar-refractivity contribution >= 4 is 62.3 Å². The summed E-state index contributed by atoms with van der Waals surface area (Å²) in [5.41, 5.74) is 3.72.